The Kier molecular flexibility index (Phi) is 5.15. The smallest absolute Gasteiger partial charge is 0.359 e. The van der Waals surface area contributed by atoms with Crippen LogP contribution in [0.4, 0.5) is 11.4 Å². The molecule has 24 heavy (non-hydrogen) atoms. The number of anilines is 1. The van der Waals surface area contributed by atoms with E-state index in [2.05, 4.69) is 15.3 Å². The molecule has 0 saturated carbocycles. The minimum atomic E-state index is -0.811. The summed E-state index contributed by atoms with van der Waals surface area (Å²) in [5.41, 5.74) is 1.17. The number of ether oxygens (including phenoxy) is 1. The lowest BCUT2D eigenvalue weighted by Gasteiger charge is -2.11. The Bertz CT molecular complexity index is 792. The number of nitrogens with one attached hydrogen (secondary N) is 1. The maximum Gasteiger partial charge on any atom is 0.359 e. The molecule has 9 nitrogen and oxygen atoms in total. The van der Waals surface area contributed by atoms with Gasteiger partial charge >= 0.3 is 5.97 Å². The van der Waals surface area contributed by atoms with Gasteiger partial charge in [-0.3, -0.25) is 19.9 Å². The summed E-state index contributed by atoms with van der Waals surface area (Å²) in [7, 11) is 0. The predicted octanol–water partition coefficient (Wildman–Crippen LogP) is 1.80. The van der Waals surface area contributed by atoms with Crippen molar-refractivity contribution in [3.63, 3.8) is 0 Å². The van der Waals surface area contributed by atoms with Gasteiger partial charge in [-0.25, -0.2) is 9.78 Å². The van der Waals surface area contributed by atoms with E-state index in [1.54, 1.807) is 19.9 Å². The van der Waals surface area contributed by atoms with Crippen molar-refractivity contribution in [2.75, 3.05) is 11.9 Å². The van der Waals surface area contributed by atoms with Crippen LogP contribution in [0.5, 0.6) is 0 Å². The average molecular weight is 330 g/mol. The second-order valence-corrected chi connectivity index (χ2v) is 4.87. The molecule has 2 aromatic rings. The lowest BCUT2D eigenvalue weighted by molar-refractivity contribution is -0.384. The molecule has 1 N–H and O–H groups in total. The highest BCUT2D eigenvalue weighted by Gasteiger charge is 2.20. The first-order valence-corrected chi connectivity index (χ1v) is 6.87. The lowest BCUT2D eigenvalue weighted by Crippen LogP contribution is -2.22. The lowest BCUT2D eigenvalue weighted by atomic mass is 10.1. The van der Waals surface area contributed by atoms with Crippen molar-refractivity contribution in [1.82, 2.24) is 9.97 Å². The largest absolute Gasteiger partial charge is 0.451 e. The summed E-state index contributed by atoms with van der Waals surface area (Å²) in [5.74, 6) is -1.50. The van der Waals surface area contributed by atoms with Gasteiger partial charge < -0.3 is 10.1 Å². The van der Waals surface area contributed by atoms with E-state index in [1.165, 1.54) is 24.7 Å². The number of benzene rings is 1. The van der Waals surface area contributed by atoms with E-state index in [1.807, 2.05) is 0 Å². The van der Waals surface area contributed by atoms with Gasteiger partial charge in [-0.15, -0.1) is 0 Å². The highest BCUT2D eigenvalue weighted by Crippen LogP contribution is 2.30. The minimum Gasteiger partial charge on any atom is -0.451 e. The Balaban J connectivity index is 2.07. The number of amides is 1. The van der Waals surface area contributed by atoms with Crippen LogP contribution in [-0.2, 0) is 9.53 Å². The first-order chi connectivity index (χ1) is 11.4. The average Bonchev–Trinajstić information content (AvgIpc) is 2.57. The summed E-state index contributed by atoms with van der Waals surface area (Å²) in [6.45, 7) is 2.83. The Morgan fingerprint density at radius 2 is 2.04 bits per heavy atom. The highest BCUT2D eigenvalue weighted by molar-refractivity contribution is 5.97. The van der Waals surface area contributed by atoms with Gasteiger partial charge in [-0.05, 0) is 25.0 Å². The molecule has 1 heterocycles. The Morgan fingerprint density at radius 3 is 2.67 bits per heavy atom. The van der Waals surface area contributed by atoms with Crippen molar-refractivity contribution < 1.29 is 19.2 Å². The van der Waals surface area contributed by atoms with Gasteiger partial charge in [0.25, 0.3) is 11.6 Å². The number of hydrogen-bond acceptors (Lipinski definition) is 7. The molecule has 0 bridgehead atoms. The number of carbonyl (C=O) groups is 2. The number of nitro benzene ring substituents is 1. The van der Waals surface area contributed by atoms with Crippen molar-refractivity contribution in [1.29, 1.82) is 0 Å². The first-order valence-electron chi connectivity index (χ1n) is 6.87. The summed E-state index contributed by atoms with van der Waals surface area (Å²) < 4.78 is 4.81. The fourth-order valence-electron chi connectivity index (χ4n) is 1.90. The van der Waals surface area contributed by atoms with Crippen molar-refractivity contribution in [3.05, 3.63) is 57.7 Å². The minimum absolute atomic E-state index is 0.0389. The summed E-state index contributed by atoms with van der Waals surface area (Å²) in [6, 6.07) is 2.90. The zero-order valence-electron chi connectivity index (χ0n) is 13.0. The van der Waals surface area contributed by atoms with E-state index in [9.17, 15) is 19.7 Å². The van der Waals surface area contributed by atoms with Gasteiger partial charge in [0, 0.05) is 18.5 Å². The van der Waals surface area contributed by atoms with Crippen LogP contribution in [0, 0.1) is 24.0 Å². The van der Waals surface area contributed by atoms with Crippen molar-refractivity contribution in [2.24, 2.45) is 0 Å². The topological polar surface area (TPSA) is 124 Å². The Morgan fingerprint density at radius 1 is 1.29 bits per heavy atom. The van der Waals surface area contributed by atoms with Crippen molar-refractivity contribution >= 4 is 23.3 Å². The third kappa shape index (κ3) is 3.88. The molecule has 0 unspecified atom stereocenters. The van der Waals surface area contributed by atoms with E-state index >= 15 is 0 Å². The Hall–Kier alpha value is -3.36. The molecule has 9 heteroatoms. The quantitative estimate of drug-likeness (QED) is 0.503. The molecule has 0 atom stereocenters. The van der Waals surface area contributed by atoms with Crippen LogP contribution >= 0.6 is 0 Å². The summed E-state index contributed by atoms with van der Waals surface area (Å²) in [4.78, 5) is 41.6. The van der Waals surface area contributed by atoms with Crippen LogP contribution in [-0.4, -0.2) is 33.4 Å². The van der Waals surface area contributed by atoms with Crippen LogP contribution in [0.3, 0.4) is 0 Å². The first kappa shape index (κ1) is 17.0. The van der Waals surface area contributed by atoms with Crippen LogP contribution in [0.15, 0.2) is 30.7 Å². The number of rotatable bonds is 5. The van der Waals surface area contributed by atoms with Crippen molar-refractivity contribution in [3.8, 4) is 0 Å². The number of hydrogen-bond donors (Lipinski definition) is 1. The zero-order chi connectivity index (χ0) is 17.7. The van der Waals surface area contributed by atoms with Gasteiger partial charge in [0.2, 0.25) is 0 Å². The highest BCUT2D eigenvalue weighted by atomic mass is 16.6. The molecule has 0 spiro atoms. The van der Waals surface area contributed by atoms with E-state index in [0.717, 1.165) is 5.56 Å². The van der Waals surface area contributed by atoms with Gasteiger partial charge in [0.05, 0.1) is 11.1 Å². The molecule has 0 aliphatic rings. The maximum atomic E-state index is 11.9. The monoisotopic (exact) mass is 330 g/mol. The van der Waals surface area contributed by atoms with E-state index in [0.29, 0.717) is 5.56 Å². The SMILES string of the molecule is Cc1ccc([N+](=O)[O-])c(NC(=O)COC(=O)c2cnccn2)c1C. The molecular weight excluding hydrogens is 316 g/mol. The number of carbonyl (C=O) groups excluding carboxylic acids is 2. The fraction of sp³-hybridized carbons (Fsp3) is 0.200. The van der Waals surface area contributed by atoms with Crippen LogP contribution in [0.25, 0.3) is 0 Å². The Labute approximate surface area is 136 Å². The van der Waals surface area contributed by atoms with Gasteiger partial charge in [-0.1, -0.05) is 6.07 Å². The van der Waals surface area contributed by atoms with E-state index in [4.69, 9.17) is 4.74 Å². The number of aromatic nitrogens is 2. The molecule has 2 rings (SSSR count). The normalized spacial score (nSPS) is 10.1. The molecular formula is C15H14N4O5. The fourth-order valence-corrected chi connectivity index (χ4v) is 1.90. The molecule has 124 valence electrons. The van der Waals surface area contributed by atoms with Gasteiger partial charge in [0.15, 0.2) is 12.3 Å². The zero-order valence-corrected chi connectivity index (χ0v) is 13.0. The standard InChI is InChI=1S/C15H14N4O5/c1-9-3-4-12(19(22)23)14(10(9)2)18-13(20)8-24-15(21)11-7-16-5-6-17-11/h3-7H,8H2,1-2H3,(H,18,20). The third-order valence-corrected chi connectivity index (χ3v) is 3.28. The van der Waals surface area contributed by atoms with Crippen LogP contribution in [0.1, 0.15) is 21.6 Å². The van der Waals surface area contributed by atoms with Gasteiger partial charge in [0.1, 0.15) is 5.69 Å². The molecule has 0 saturated heterocycles. The van der Waals surface area contributed by atoms with Crippen molar-refractivity contribution in [2.45, 2.75) is 13.8 Å². The number of esters is 1. The second kappa shape index (κ2) is 7.27. The summed E-state index contributed by atoms with van der Waals surface area (Å²) >= 11 is 0. The van der Waals surface area contributed by atoms with Crippen LogP contribution in [0.2, 0.25) is 0 Å². The van der Waals surface area contributed by atoms with E-state index < -0.39 is 23.4 Å². The summed E-state index contributed by atoms with van der Waals surface area (Å²) in [5, 5.41) is 13.5. The molecule has 1 amide bonds. The molecule has 0 fully saturated rings. The number of nitro groups is 1. The second-order valence-electron chi connectivity index (χ2n) is 4.87. The van der Waals surface area contributed by atoms with Gasteiger partial charge in [-0.2, -0.15) is 0 Å². The third-order valence-electron chi connectivity index (χ3n) is 3.28. The number of aryl methyl sites for hydroxylation is 1. The number of nitrogens with zero attached hydrogens (tertiary/aromatic N) is 3. The summed E-state index contributed by atoms with van der Waals surface area (Å²) in [6.07, 6.45) is 3.91. The molecule has 1 aromatic heterocycles. The molecule has 1 aromatic carbocycles. The van der Waals surface area contributed by atoms with E-state index in [-0.39, 0.29) is 17.1 Å². The molecule has 0 radical (unpaired) electrons. The van der Waals surface area contributed by atoms with Crippen LogP contribution < -0.4 is 5.32 Å². The maximum absolute atomic E-state index is 11.9. The molecule has 0 aliphatic carbocycles. The molecule has 0 aliphatic heterocycles. The predicted molar refractivity (Wildman–Crippen MR) is 83.5 cm³/mol.